The highest BCUT2D eigenvalue weighted by molar-refractivity contribution is 7.89. The number of likely N-dealkylation sites (N-methyl/N-ethyl adjacent to an activating group) is 1. The Morgan fingerprint density at radius 2 is 2.09 bits per heavy atom. The number of sulfonamides is 1. The molecular formula is C23H34N2O7S. The molecule has 1 heterocycles. The Morgan fingerprint density at radius 3 is 2.67 bits per heavy atom. The third-order valence-electron chi connectivity index (χ3n) is 5.33. The number of carbonyl (C=O) groups excluding carboxylic acids is 1. The maximum absolute atomic E-state index is 13.5. The number of benzene rings is 1. The Bertz CT molecular complexity index is 1010. The molecule has 0 radical (unpaired) electrons. The first-order chi connectivity index (χ1) is 15.3. The molecule has 0 bridgehead atoms. The fourth-order valence-corrected chi connectivity index (χ4v) is 5.18. The molecule has 33 heavy (non-hydrogen) atoms. The van der Waals surface area contributed by atoms with Crippen LogP contribution in [0.2, 0.25) is 0 Å². The Morgan fingerprint density at radius 1 is 1.42 bits per heavy atom. The molecule has 184 valence electrons. The maximum Gasteiger partial charge on any atom is 0.248 e. The lowest BCUT2D eigenvalue weighted by molar-refractivity contribution is -0.135. The molecule has 0 aliphatic carbocycles. The number of hydrogen-bond acceptors (Lipinski definition) is 7. The molecule has 1 aromatic carbocycles. The average Bonchev–Trinajstić information content (AvgIpc) is 2.73. The first kappa shape index (κ1) is 27.1. The standard InChI is InChI=1S/C23H34N2O7S/c1-16-12-25(17(2)14-26)33(29,30)21-8-7-18(9-10-23(3,4)28)11-19(21)32-20(16)13-24(5)22(27)15-31-6/h7-8,11,16-17,20,26,28H,12-15H2,1-6H3/t16-,17+,20-/m0/s1. The number of aliphatic hydroxyl groups is 2. The van der Waals surface area contributed by atoms with Gasteiger partial charge in [0.1, 0.15) is 29.0 Å². The normalized spacial score (nSPS) is 21.5. The van der Waals surface area contributed by atoms with Gasteiger partial charge in [0, 0.05) is 38.2 Å². The number of ether oxygens (including phenoxy) is 2. The summed E-state index contributed by atoms with van der Waals surface area (Å²) in [5, 5.41) is 19.6. The summed E-state index contributed by atoms with van der Waals surface area (Å²) < 4.78 is 39.3. The fourth-order valence-electron chi connectivity index (χ4n) is 3.35. The summed E-state index contributed by atoms with van der Waals surface area (Å²) in [5.41, 5.74) is -0.741. The van der Waals surface area contributed by atoms with Crippen molar-refractivity contribution < 1.29 is 32.9 Å². The van der Waals surface area contributed by atoms with Gasteiger partial charge < -0.3 is 24.6 Å². The van der Waals surface area contributed by atoms with E-state index in [1.54, 1.807) is 33.9 Å². The molecule has 2 N–H and O–H groups in total. The van der Waals surface area contributed by atoms with Crippen LogP contribution in [0.25, 0.3) is 0 Å². The van der Waals surface area contributed by atoms with Crippen molar-refractivity contribution >= 4 is 15.9 Å². The third kappa shape index (κ3) is 6.91. The molecule has 0 fully saturated rings. The van der Waals surface area contributed by atoms with Crippen molar-refractivity contribution in [3.05, 3.63) is 23.8 Å². The second-order valence-electron chi connectivity index (χ2n) is 8.92. The molecule has 1 aliphatic heterocycles. The molecule has 9 nitrogen and oxygen atoms in total. The van der Waals surface area contributed by atoms with Crippen LogP contribution in [0.4, 0.5) is 0 Å². The van der Waals surface area contributed by atoms with E-state index in [1.807, 2.05) is 6.92 Å². The molecular weight excluding hydrogens is 448 g/mol. The number of fused-ring (bicyclic) bond motifs is 1. The molecule has 1 aromatic rings. The smallest absolute Gasteiger partial charge is 0.248 e. The van der Waals surface area contributed by atoms with Crippen LogP contribution in [0.5, 0.6) is 5.75 Å². The first-order valence-electron chi connectivity index (χ1n) is 10.7. The van der Waals surface area contributed by atoms with Crippen molar-refractivity contribution in [1.29, 1.82) is 0 Å². The molecule has 1 amide bonds. The first-order valence-corrected chi connectivity index (χ1v) is 12.2. The molecule has 10 heteroatoms. The van der Waals surface area contributed by atoms with Crippen molar-refractivity contribution in [2.75, 3.05) is 40.5 Å². The van der Waals surface area contributed by atoms with Crippen molar-refractivity contribution in [3.8, 4) is 17.6 Å². The minimum Gasteiger partial charge on any atom is -0.487 e. The summed E-state index contributed by atoms with van der Waals surface area (Å²) in [7, 11) is -0.905. The zero-order chi connectivity index (χ0) is 25.0. The zero-order valence-electron chi connectivity index (χ0n) is 20.0. The van der Waals surface area contributed by atoms with E-state index in [9.17, 15) is 23.4 Å². The Labute approximate surface area is 196 Å². The third-order valence-corrected chi connectivity index (χ3v) is 7.35. The highest BCUT2D eigenvalue weighted by atomic mass is 32.2. The molecule has 2 rings (SSSR count). The van der Waals surface area contributed by atoms with Gasteiger partial charge in [-0.15, -0.1) is 0 Å². The SMILES string of the molecule is COCC(=O)N(C)C[C@@H]1Oc2cc(C#CC(C)(C)O)ccc2S(=O)(=O)N([C@H](C)CO)C[C@@H]1C. The van der Waals surface area contributed by atoms with Crippen molar-refractivity contribution in [1.82, 2.24) is 9.21 Å². The topological polar surface area (TPSA) is 117 Å². The summed E-state index contributed by atoms with van der Waals surface area (Å²) in [6, 6.07) is 3.85. The maximum atomic E-state index is 13.5. The van der Waals surface area contributed by atoms with Crippen LogP contribution in [0.15, 0.2) is 23.1 Å². The molecule has 0 aromatic heterocycles. The minimum absolute atomic E-state index is 0.0422. The molecule has 0 spiro atoms. The molecule has 0 saturated heterocycles. The van der Waals surface area contributed by atoms with E-state index in [0.717, 1.165) is 0 Å². The van der Waals surface area contributed by atoms with E-state index < -0.39 is 27.8 Å². The highest BCUT2D eigenvalue weighted by Crippen LogP contribution is 2.34. The van der Waals surface area contributed by atoms with Gasteiger partial charge in [0.25, 0.3) is 0 Å². The van der Waals surface area contributed by atoms with Crippen molar-refractivity contribution in [2.45, 2.75) is 50.3 Å². The molecule has 3 atom stereocenters. The molecule has 0 saturated carbocycles. The number of carbonyl (C=O) groups is 1. The van der Waals surface area contributed by atoms with Gasteiger partial charge in [0.05, 0.1) is 13.2 Å². The molecule has 1 aliphatic rings. The predicted octanol–water partition coefficient (Wildman–Crippen LogP) is 0.682. The lowest BCUT2D eigenvalue weighted by atomic mass is 10.0. The Hall–Kier alpha value is -2.16. The van der Waals surface area contributed by atoms with Crippen molar-refractivity contribution in [2.24, 2.45) is 5.92 Å². The second kappa shape index (κ2) is 10.8. The number of amides is 1. The van der Waals surface area contributed by atoms with Crippen LogP contribution in [0.3, 0.4) is 0 Å². The highest BCUT2D eigenvalue weighted by Gasteiger charge is 2.38. The monoisotopic (exact) mass is 482 g/mol. The number of rotatable bonds is 6. The Balaban J connectivity index is 2.57. The van der Waals surface area contributed by atoms with Crippen LogP contribution in [0, 0.1) is 17.8 Å². The van der Waals surface area contributed by atoms with Crippen molar-refractivity contribution in [3.63, 3.8) is 0 Å². The number of nitrogens with zero attached hydrogens (tertiary/aromatic N) is 2. The van der Waals surface area contributed by atoms with E-state index in [0.29, 0.717) is 5.56 Å². The van der Waals surface area contributed by atoms with Gasteiger partial charge in [-0.05, 0) is 39.0 Å². The summed E-state index contributed by atoms with van der Waals surface area (Å²) in [6.07, 6.45) is -0.532. The van der Waals surface area contributed by atoms with Crippen LogP contribution >= 0.6 is 0 Å². The fraction of sp³-hybridized carbons (Fsp3) is 0.609. The summed E-state index contributed by atoms with van der Waals surface area (Å²) in [6.45, 7) is 6.49. The number of hydrogen-bond donors (Lipinski definition) is 2. The predicted molar refractivity (Wildman–Crippen MR) is 123 cm³/mol. The average molecular weight is 483 g/mol. The second-order valence-corrected chi connectivity index (χ2v) is 10.8. The molecule has 0 unspecified atom stereocenters. The largest absolute Gasteiger partial charge is 0.487 e. The van der Waals surface area contributed by atoms with Gasteiger partial charge in [-0.25, -0.2) is 8.42 Å². The van der Waals surface area contributed by atoms with Gasteiger partial charge in [-0.3, -0.25) is 4.79 Å². The lowest BCUT2D eigenvalue weighted by Crippen LogP contribution is -2.50. The number of methoxy groups -OCH3 is 1. The van der Waals surface area contributed by atoms with Gasteiger partial charge in [-0.2, -0.15) is 4.31 Å². The van der Waals surface area contributed by atoms with Gasteiger partial charge >= 0.3 is 0 Å². The van der Waals surface area contributed by atoms with Gasteiger partial charge in [0.2, 0.25) is 15.9 Å². The van der Waals surface area contributed by atoms with Crippen LogP contribution in [0.1, 0.15) is 33.3 Å². The van der Waals surface area contributed by atoms with E-state index in [-0.39, 0.29) is 48.8 Å². The summed E-state index contributed by atoms with van der Waals surface area (Å²) >= 11 is 0. The van der Waals surface area contributed by atoms with Crippen LogP contribution in [-0.4, -0.2) is 92.0 Å². The quantitative estimate of drug-likeness (QED) is 0.573. The van der Waals surface area contributed by atoms with E-state index >= 15 is 0 Å². The number of aliphatic hydroxyl groups excluding tert-OH is 1. The van der Waals surface area contributed by atoms with Crippen LogP contribution in [-0.2, 0) is 19.6 Å². The summed E-state index contributed by atoms with van der Waals surface area (Å²) in [4.78, 5) is 13.7. The zero-order valence-corrected chi connectivity index (χ0v) is 20.8. The summed E-state index contributed by atoms with van der Waals surface area (Å²) in [5.74, 6) is 5.12. The van der Waals surface area contributed by atoms with Crippen LogP contribution < -0.4 is 4.74 Å². The Kier molecular flexibility index (Phi) is 8.90. The van der Waals surface area contributed by atoms with Gasteiger partial charge in [0.15, 0.2) is 0 Å². The van der Waals surface area contributed by atoms with E-state index in [2.05, 4.69) is 11.8 Å². The lowest BCUT2D eigenvalue weighted by Gasteiger charge is -2.37. The van der Waals surface area contributed by atoms with Gasteiger partial charge in [-0.1, -0.05) is 18.8 Å². The van der Waals surface area contributed by atoms with E-state index in [4.69, 9.17) is 9.47 Å². The minimum atomic E-state index is -3.97. The van der Waals surface area contributed by atoms with E-state index in [1.165, 1.54) is 28.4 Å².